The van der Waals surface area contributed by atoms with Gasteiger partial charge in [-0.2, -0.15) is 0 Å². The van der Waals surface area contributed by atoms with Crippen molar-refractivity contribution in [2.45, 2.75) is 6.92 Å². The van der Waals surface area contributed by atoms with Crippen LogP contribution in [0.5, 0.6) is 0 Å². The summed E-state index contributed by atoms with van der Waals surface area (Å²) in [6.45, 7) is 1.94. The number of amides is 1. The van der Waals surface area contributed by atoms with Gasteiger partial charge in [-0.05, 0) is 72.1 Å². The molecule has 0 unspecified atom stereocenters. The van der Waals surface area contributed by atoms with Gasteiger partial charge in [-0.15, -0.1) is 0 Å². The first-order valence-corrected chi connectivity index (χ1v) is 7.95. The zero-order chi connectivity index (χ0) is 18.7. The second-order valence-electron chi connectivity index (χ2n) is 5.87. The molecule has 0 atom stereocenters. The van der Waals surface area contributed by atoms with Gasteiger partial charge in [-0.3, -0.25) is 4.79 Å². The highest BCUT2D eigenvalue weighted by Crippen LogP contribution is 2.27. The molecule has 0 aliphatic carbocycles. The van der Waals surface area contributed by atoms with E-state index in [1.54, 1.807) is 30.3 Å². The fraction of sp³-hybridized carbons (Fsp3) is 0.0476. The Balaban J connectivity index is 1.86. The molecule has 0 radical (unpaired) electrons. The number of carboxylic acid groups (broad SMARTS) is 1. The number of carbonyl (C=O) groups is 2. The lowest BCUT2D eigenvalue weighted by atomic mass is 9.98. The average molecular weight is 349 g/mol. The van der Waals surface area contributed by atoms with Gasteiger partial charge in [-0.25, -0.2) is 9.18 Å². The minimum Gasteiger partial charge on any atom is -0.478 e. The Morgan fingerprint density at radius 2 is 1.50 bits per heavy atom. The summed E-state index contributed by atoms with van der Waals surface area (Å²) in [6.07, 6.45) is 0. The smallest absolute Gasteiger partial charge is 0.335 e. The highest BCUT2D eigenvalue weighted by molar-refractivity contribution is 6.04. The maximum absolute atomic E-state index is 13.0. The van der Waals surface area contributed by atoms with Gasteiger partial charge in [0.1, 0.15) is 5.82 Å². The zero-order valence-electron chi connectivity index (χ0n) is 14.0. The molecule has 5 heteroatoms. The molecule has 0 saturated heterocycles. The number of benzene rings is 3. The van der Waals surface area contributed by atoms with Crippen molar-refractivity contribution in [1.29, 1.82) is 0 Å². The van der Waals surface area contributed by atoms with Crippen LogP contribution in [0.25, 0.3) is 11.1 Å². The van der Waals surface area contributed by atoms with Crippen LogP contribution in [0.2, 0.25) is 0 Å². The van der Waals surface area contributed by atoms with Crippen molar-refractivity contribution in [3.05, 3.63) is 89.2 Å². The van der Waals surface area contributed by atoms with Gasteiger partial charge in [-0.1, -0.05) is 18.2 Å². The standard InChI is InChI=1S/C21H16FNO3/c1-13-2-11-18(23-20(24)15-7-9-17(22)10-8-15)12-19(13)14-3-5-16(6-4-14)21(25)26/h2-12H,1H3,(H,23,24)(H,25,26). The molecule has 130 valence electrons. The first-order chi connectivity index (χ1) is 12.4. The molecule has 0 aromatic heterocycles. The predicted molar refractivity (Wildman–Crippen MR) is 97.9 cm³/mol. The predicted octanol–water partition coefficient (Wildman–Crippen LogP) is 4.75. The second kappa shape index (κ2) is 7.19. The summed E-state index contributed by atoms with van der Waals surface area (Å²) in [5.74, 6) is -1.71. The van der Waals surface area contributed by atoms with Crippen LogP contribution in [0.1, 0.15) is 26.3 Å². The van der Waals surface area contributed by atoms with Crippen LogP contribution in [0.15, 0.2) is 66.7 Å². The maximum Gasteiger partial charge on any atom is 0.335 e. The van der Waals surface area contributed by atoms with E-state index in [0.717, 1.165) is 16.7 Å². The van der Waals surface area contributed by atoms with Gasteiger partial charge in [0, 0.05) is 11.3 Å². The highest BCUT2D eigenvalue weighted by atomic mass is 19.1. The molecule has 4 nitrogen and oxygen atoms in total. The number of rotatable bonds is 4. The minimum absolute atomic E-state index is 0.215. The molecule has 0 heterocycles. The highest BCUT2D eigenvalue weighted by Gasteiger charge is 2.09. The van der Waals surface area contributed by atoms with Gasteiger partial charge in [0.2, 0.25) is 0 Å². The molecular formula is C21H16FNO3. The first-order valence-electron chi connectivity index (χ1n) is 7.95. The Kier molecular flexibility index (Phi) is 4.80. The van der Waals surface area contributed by atoms with Crippen LogP contribution < -0.4 is 5.32 Å². The molecule has 2 N–H and O–H groups in total. The van der Waals surface area contributed by atoms with Crippen LogP contribution in [-0.4, -0.2) is 17.0 Å². The van der Waals surface area contributed by atoms with E-state index in [1.807, 2.05) is 19.1 Å². The average Bonchev–Trinajstić information content (AvgIpc) is 2.64. The Hall–Kier alpha value is -3.47. The van der Waals surface area contributed by atoms with E-state index in [0.29, 0.717) is 11.3 Å². The summed E-state index contributed by atoms with van der Waals surface area (Å²) in [6, 6.07) is 17.4. The summed E-state index contributed by atoms with van der Waals surface area (Å²) in [5.41, 5.74) is 3.91. The van der Waals surface area contributed by atoms with Crippen molar-refractivity contribution in [1.82, 2.24) is 0 Å². The fourth-order valence-electron chi connectivity index (χ4n) is 2.61. The first kappa shape index (κ1) is 17.4. The Labute approximate surface area is 149 Å². The van der Waals surface area contributed by atoms with E-state index in [2.05, 4.69) is 5.32 Å². The van der Waals surface area contributed by atoms with Crippen molar-refractivity contribution in [3.63, 3.8) is 0 Å². The number of aryl methyl sites for hydroxylation is 1. The van der Waals surface area contributed by atoms with Crippen molar-refractivity contribution in [2.24, 2.45) is 0 Å². The lowest BCUT2D eigenvalue weighted by molar-refractivity contribution is 0.0696. The van der Waals surface area contributed by atoms with Crippen LogP contribution in [0, 0.1) is 12.7 Å². The Bertz CT molecular complexity index is 964. The Morgan fingerprint density at radius 3 is 2.12 bits per heavy atom. The number of hydrogen-bond acceptors (Lipinski definition) is 2. The molecule has 0 bridgehead atoms. The Morgan fingerprint density at radius 1 is 0.885 bits per heavy atom. The maximum atomic E-state index is 13.0. The van der Waals surface area contributed by atoms with E-state index in [4.69, 9.17) is 5.11 Å². The topological polar surface area (TPSA) is 66.4 Å². The number of carbonyl (C=O) groups excluding carboxylic acids is 1. The van der Waals surface area contributed by atoms with E-state index >= 15 is 0 Å². The van der Waals surface area contributed by atoms with Crippen LogP contribution in [0.4, 0.5) is 10.1 Å². The van der Waals surface area contributed by atoms with E-state index in [1.165, 1.54) is 24.3 Å². The number of anilines is 1. The molecule has 0 fully saturated rings. The summed E-state index contributed by atoms with van der Waals surface area (Å²) < 4.78 is 13.0. The van der Waals surface area contributed by atoms with E-state index in [9.17, 15) is 14.0 Å². The quantitative estimate of drug-likeness (QED) is 0.714. The molecule has 0 saturated carbocycles. The molecular weight excluding hydrogens is 333 g/mol. The number of aromatic carboxylic acids is 1. The van der Waals surface area contributed by atoms with Crippen molar-refractivity contribution in [2.75, 3.05) is 5.32 Å². The minimum atomic E-state index is -0.978. The largest absolute Gasteiger partial charge is 0.478 e. The van der Waals surface area contributed by atoms with Gasteiger partial charge < -0.3 is 10.4 Å². The third-order valence-corrected chi connectivity index (χ3v) is 4.04. The summed E-state index contributed by atoms with van der Waals surface area (Å²) in [5, 5.41) is 11.8. The summed E-state index contributed by atoms with van der Waals surface area (Å²) in [4.78, 5) is 23.3. The number of hydrogen-bond donors (Lipinski definition) is 2. The van der Waals surface area contributed by atoms with Gasteiger partial charge >= 0.3 is 5.97 Å². The molecule has 0 spiro atoms. The molecule has 3 aromatic carbocycles. The van der Waals surface area contributed by atoms with Crippen LogP contribution in [-0.2, 0) is 0 Å². The van der Waals surface area contributed by atoms with E-state index < -0.39 is 11.8 Å². The van der Waals surface area contributed by atoms with Crippen LogP contribution in [0.3, 0.4) is 0 Å². The SMILES string of the molecule is Cc1ccc(NC(=O)c2ccc(F)cc2)cc1-c1ccc(C(=O)O)cc1. The number of carboxylic acids is 1. The number of halogens is 1. The monoisotopic (exact) mass is 349 g/mol. The molecule has 26 heavy (non-hydrogen) atoms. The molecule has 0 aliphatic rings. The fourth-order valence-corrected chi connectivity index (χ4v) is 2.61. The van der Waals surface area contributed by atoms with Crippen molar-refractivity contribution >= 4 is 17.6 Å². The van der Waals surface area contributed by atoms with Gasteiger partial charge in [0.15, 0.2) is 0 Å². The number of nitrogens with one attached hydrogen (secondary N) is 1. The second-order valence-corrected chi connectivity index (χ2v) is 5.87. The molecule has 3 aromatic rings. The summed E-state index contributed by atoms with van der Waals surface area (Å²) >= 11 is 0. The van der Waals surface area contributed by atoms with Crippen molar-refractivity contribution < 1.29 is 19.1 Å². The van der Waals surface area contributed by atoms with Gasteiger partial charge in [0.05, 0.1) is 5.56 Å². The van der Waals surface area contributed by atoms with E-state index in [-0.39, 0.29) is 11.5 Å². The third-order valence-electron chi connectivity index (χ3n) is 4.04. The lowest BCUT2D eigenvalue weighted by Crippen LogP contribution is -2.11. The normalized spacial score (nSPS) is 10.4. The molecule has 0 aliphatic heterocycles. The van der Waals surface area contributed by atoms with Crippen molar-refractivity contribution in [3.8, 4) is 11.1 Å². The van der Waals surface area contributed by atoms with Gasteiger partial charge in [0.25, 0.3) is 5.91 Å². The third kappa shape index (κ3) is 3.78. The molecule has 3 rings (SSSR count). The van der Waals surface area contributed by atoms with Crippen LogP contribution >= 0.6 is 0 Å². The zero-order valence-corrected chi connectivity index (χ0v) is 14.0. The molecule has 1 amide bonds. The lowest BCUT2D eigenvalue weighted by Gasteiger charge is -2.11. The summed E-state index contributed by atoms with van der Waals surface area (Å²) in [7, 11) is 0.